The largest absolute Gasteiger partial charge is 0.405 e. The van der Waals surface area contributed by atoms with Crippen molar-refractivity contribution < 1.29 is 37.4 Å². The first-order valence-electron chi connectivity index (χ1n) is 20.2. The van der Waals surface area contributed by atoms with E-state index in [9.17, 15) is 18.9 Å². The first-order chi connectivity index (χ1) is 29.1. The number of nitrogens with one attached hydrogen (secondary N) is 2. The number of fused-ring (bicyclic) bond motifs is 1. The minimum absolute atomic E-state index is 0.0921. The molecule has 4 aromatic carbocycles. The lowest BCUT2D eigenvalue weighted by molar-refractivity contribution is -0.217. The lowest BCUT2D eigenvalue weighted by Gasteiger charge is -2.38. The molecule has 2 saturated heterocycles. The first kappa shape index (κ1) is 44.6. The highest BCUT2D eigenvalue weighted by molar-refractivity contribution is 8.13. The van der Waals surface area contributed by atoms with Crippen LogP contribution >= 0.6 is 19.5 Å². The second kappa shape index (κ2) is 18.5. The third-order valence-corrected chi connectivity index (χ3v) is 13.5. The topological polar surface area (TPSA) is 156 Å². The minimum Gasteiger partial charge on any atom is -0.360 e. The van der Waals surface area contributed by atoms with Gasteiger partial charge in [-0.3, -0.25) is 28.2 Å². The maximum absolute atomic E-state index is 14.5. The van der Waals surface area contributed by atoms with Gasteiger partial charge in [0.15, 0.2) is 17.1 Å². The van der Waals surface area contributed by atoms with Gasteiger partial charge in [-0.2, -0.15) is 0 Å². The number of benzene rings is 4. The van der Waals surface area contributed by atoms with E-state index in [-0.39, 0.29) is 37.2 Å². The molecule has 15 heteroatoms. The van der Waals surface area contributed by atoms with Crippen LogP contribution in [0.15, 0.2) is 143 Å². The number of carbonyl (C=O) groups excluding carboxylic acids is 1. The fourth-order valence-corrected chi connectivity index (χ4v) is 10.0. The molecule has 0 amide bonds. The van der Waals surface area contributed by atoms with Crippen LogP contribution in [0.2, 0.25) is 0 Å². The van der Waals surface area contributed by atoms with Gasteiger partial charge in [-0.1, -0.05) is 133 Å². The lowest BCUT2D eigenvalue weighted by atomic mass is 9.79. The molecule has 0 aliphatic carbocycles. The van der Waals surface area contributed by atoms with Crippen molar-refractivity contribution in [3.63, 3.8) is 0 Å². The van der Waals surface area contributed by atoms with Crippen LogP contribution in [0.3, 0.4) is 0 Å². The van der Waals surface area contributed by atoms with Crippen LogP contribution in [0, 0.1) is 5.41 Å². The summed E-state index contributed by atoms with van der Waals surface area (Å²) in [5, 5.41) is 2.83. The Balaban J connectivity index is 1.03. The van der Waals surface area contributed by atoms with E-state index in [1.54, 1.807) is 20.8 Å². The van der Waals surface area contributed by atoms with Crippen LogP contribution in [-0.2, 0) is 49.5 Å². The molecular formula is C46H52N3O10PS. The second-order valence-electron chi connectivity index (χ2n) is 16.3. The van der Waals surface area contributed by atoms with Gasteiger partial charge in [-0.05, 0) is 56.9 Å². The summed E-state index contributed by atoms with van der Waals surface area (Å²) < 4.78 is 53.6. The van der Waals surface area contributed by atoms with Gasteiger partial charge < -0.3 is 18.9 Å². The van der Waals surface area contributed by atoms with Gasteiger partial charge in [0.25, 0.3) is 5.56 Å². The molecule has 2 aliphatic heterocycles. The van der Waals surface area contributed by atoms with Gasteiger partial charge >= 0.3 is 13.4 Å². The highest BCUT2D eigenvalue weighted by Gasteiger charge is 2.64. The minimum atomic E-state index is -4.07. The number of thioether (sulfide) groups is 1. The molecule has 0 radical (unpaired) electrons. The standard InChI is InChI=1S/C46H52N3O10PS/c1-43(2,32-54-46(34-20-12-7-13-21-34,35-22-14-8-15-23-35)36-24-16-9-17-25-36)41(51)61-29-28-55-60(53,47-30-33-18-10-6-11-19-33)56-31-37-39-45(5,59-44(3,4)58-39)40(57-37)49-27-26-38(50)48-42(49)52/h6-27,37,39-40H,28-32H2,1-5H3,(H,47,53)(H,48,50,52)/t37-,39-,40?,45-,60?/m1/s1. The Bertz CT molecular complexity index is 2320. The molecule has 2 N–H and O–H groups in total. The number of nitrogens with zero attached hydrogens (tertiary/aromatic N) is 1. The summed E-state index contributed by atoms with van der Waals surface area (Å²) in [7, 11) is -4.07. The van der Waals surface area contributed by atoms with Crippen LogP contribution in [0.4, 0.5) is 0 Å². The average molecular weight is 870 g/mol. The molecule has 2 fully saturated rings. The van der Waals surface area contributed by atoms with Crippen molar-refractivity contribution in [2.24, 2.45) is 5.41 Å². The summed E-state index contributed by atoms with van der Waals surface area (Å²) in [6, 6.07) is 40.5. The SMILES string of the molecule is CC1(C)O[C@@H]2[C@@H](COP(=O)(NCc3ccccc3)OCCSC(=O)C(C)(C)COC(c3ccccc3)(c3ccccc3)c3ccccc3)OC(n3ccc(=O)[nH]c3=O)[C@]2(C)O1. The maximum Gasteiger partial charge on any atom is 0.405 e. The molecule has 7 rings (SSSR count). The number of hydrogen-bond donors (Lipinski definition) is 2. The first-order valence-corrected chi connectivity index (χ1v) is 22.7. The Labute approximate surface area is 359 Å². The Kier molecular flexibility index (Phi) is 13.5. The molecule has 2 unspecified atom stereocenters. The Morgan fingerprint density at radius 2 is 1.39 bits per heavy atom. The van der Waals surface area contributed by atoms with E-state index in [4.69, 9.17) is 28.0 Å². The molecular weight excluding hydrogens is 818 g/mol. The number of carbonyl (C=O) groups is 1. The van der Waals surface area contributed by atoms with Crippen LogP contribution in [0.1, 0.15) is 63.1 Å². The average Bonchev–Trinajstić information content (AvgIpc) is 3.66. The molecule has 322 valence electrons. The fourth-order valence-electron chi connectivity index (χ4n) is 7.81. The van der Waals surface area contributed by atoms with Gasteiger partial charge in [0.05, 0.1) is 25.2 Å². The van der Waals surface area contributed by atoms with E-state index in [2.05, 4.69) is 10.1 Å². The Morgan fingerprint density at radius 3 is 1.95 bits per heavy atom. The lowest BCUT2D eigenvalue weighted by Crippen LogP contribution is -2.45. The van der Waals surface area contributed by atoms with Crippen molar-refractivity contribution in [1.29, 1.82) is 0 Å². The van der Waals surface area contributed by atoms with Crippen molar-refractivity contribution >= 4 is 24.6 Å². The highest BCUT2D eigenvalue weighted by atomic mass is 32.2. The number of rotatable bonds is 18. The summed E-state index contributed by atoms with van der Waals surface area (Å²) in [5.41, 5.74) is -0.720. The number of aromatic nitrogens is 2. The van der Waals surface area contributed by atoms with Crippen molar-refractivity contribution in [1.82, 2.24) is 14.6 Å². The second-order valence-corrected chi connectivity index (χ2v) is 19.2. The summed E-state index contributed by atoms with van der Waals surface area (Å²) in [6.07, 6.45) is -1.29. The predicted molar refractivity (Wildman–Crippen MR) is 233 cm³/mol. The van der Waals surface area contributed by atoms with Crippen LogP contribution in [0.25, 0.3) is 0 Å². The molecule has 2 aliphatic rings. The van der Waals surface area contributed by atoms with Crippen molar-refractivity contribution in [3.05, 3.63) is 177 Å². The molecule has 5 aromatic rings. The van der Waals surface area contributed by atoms with E-state index in [1.807, 2.05) is 135 Å². The monoisotopic (exact) mass is 869 g/mol. The van der Waals surface area contributed by atoms with E-state index >= 15 is 0 Å². The smallest absolute Gasteiger partial charge is 0.360 e. The zero-order chi connectivity index (χ0) is 43.3. The molecule has 0 spiro atoms. The zero-order valence-electron chi connectivity index (χ0n) is 34.9. The van der Waals surface area contributed by atoms with Gasteiger partial charge in [-0.25, -0.2) is 14.4 Å². The fraction of sp³-hybridized carbons (Fsp3) is 0.370. The number of aromatic amines is 1. The third kappa shape index (κ3) is 9.94. The maximum atomic E-state index is 14.5. The molecule has 1 aromatic heterocycles. The normalized spacial score (nSPS) is 22.1. The molecule has 13 nitrogen and oxygen atoms in total. The van der Waals surface area contributed by atoms with E-state index in [0.29, 0.717) is 0 Å². The summed E-state index contributed by atoms with van der Waals surface area (Å²) in [6.45, 7) is 8.84. The van der Waals surface area contributed by atoms with Gasteiger partial charge in [-0.15, -0.1) is 0 Å². The van der Waals surface area contributed by atoms with Crippen LogP contribution < -0.4 is 16.3 Å². The van der Waals surface area contributed by atoms with Crippen molar-refractivity contribution in [2.75, 3.05) is 25.6 Å². The molecule has 0 bridgehead atoms. The third-order valence-electron chi connectivity index (χ3n) is 10.7. The molecule has 0 saturated carbocycles. The summed E-state index contributed by atoms with van der Waals surface area (Å²) in [4.78, 5) is 40.9. The molecule has 5 atom stereocenters. The zero-order valence-corrected chi connectivity index (χ0v) is 36.6. The Hall–Kier alpha value is -4.47. The van der Waals surface area contributed by atoms with Gasteiger partial charge in [0.1, 0.15) is 23.4 Å². The predicted octanol–water partition coefficient (Wildman–Crippen LogP) is 7.57. The number of hydrogen-bond acceptors (Lipinski definition) is 11. The van der Waals surface area contributed by atoms with Crippen molar-refractivity contribution in [3.8, 4) is 0 Å². The molecule has 61 heavy (non-hydrogen) atoms. The summed E-state index contributed by atoms with van der Waals surface area (Å²) >= 11 is 1.06. The number of ether oxygens (including phenoxy) is 4. The van der Waals surface area contributed by atoms with E-state index in [0.717, 1.165) is 34.0 Å². The molecule has 3 heterocycles. The highest BCUT2D eigenvalue weighted by Crippen LogP contribution is 2.52. The van der Waals surface area contributed by atoms with Crippen LogP contribution in [-0.4, -0.2) is 63.8 Å². The quantitative estimate of drug-likeness (QED) is 0.0507. The Morgan fingerprint density at radius 1 is 0.836 bits per heavy atom. The van der Waals surface area contributed by atoms with E-state index in [1.165, 1.54) is 16.8 Å². The number of H-pyrrole nitrogens is 1. The van der Waals surface area contributed by atoms with E-state index < -0.39 is 59.8 Å². The summed E-state index contributed by atoms with van der Waals surface area (Å²) in [5.74, 6) is -0.876. The van der Waals surface area contributed by atoms with Gasteiger partial charge in [0, 0.05) is 24.6 Å². The van der Waals surface area contributed by atoms with Crippen molar-refractivity contribution in [2.45, 2.75) is 76.6 Å². The van der Waals surface area contributed by atoms with Gasteiger partial charge in [0.2, 0.25) is 0 Å². The van der Waals surface area contributed by atoms with Crippen LogP contribution in [0.5, 0.6) is 0 Å².